The molecule has 0 saturated carbocycles. The van der Waals surface area contributed by atoms with Crippen LogP contribution in [0.25, 0.3) is 0 Å². The van der Waals surface area contributed by atoms with E-state index in [2.05, 4.69) is 39.5 Å². The van der Waals surface area contributed by atoms with E-state index in [-0.39, 0.29) is 0 Å². The van der Waals surface area contributed by atoms with Crippen molar-refractivity contribution in [1.82, 2.24) is 10.2 Å². The van der Waals surface area contributed by atoms with Crippen LogP contribution in [0.2, 0.25) is 0 Å². The number of hydrogen-bond donors (Lipinski definition) is 4. The normalized spacial score (nSPS) is 25.5. The predicted molar refractivity (Wildman–Crippen MR) is 88.6 cm³/mol. The largest absolute Gasteiger partial charge is 0.396 e. The smallest absolute Gasteiger partial charge is 0.157 e. The second-order valence-corrected chi connectivity index (χ2v) is 6.13. The van der Waals surface area contributed by atoms with Gasteiger partial charge in [-0.25, -0.2) is 4.99 Å². The van der Waals surface area contributed by atoms with Crippen molar-refractivity contribution in [3.63, 3.8) is 0 Å². The quantitative estimate of drug-likeness (QED) is 0.635. The van der Waals surface area contributed by atoms with E-state index in [1.54, 1.807) is 0 Å². The van der Waals surface area contributed by atoms with Crippen molar-refractivity contribution in [3.05, 3.63) is 46.9 Å². The van der Waals surface area contributed by atoms with Gasteiger partial charge in [0.1, 0.15) is 5.82 Å². The van der Waals surface area contributed by atoms with Gasteiger partial charge in [0.25, 0.3) is 0 Å². The average Bonchev–Trinajstić information content (AvgIpc) is 2.98. The Kier molecular flexibility index (Phi) is 4.04. The van der Waals surface area contributed by atoms with Gasteiger partial charge in [-0.3, -0.25) is 4.90 Å². The van der Waals surface area contributed by atoms with E-state index in [4.69, 9.17) is 17.2 Å². The second-order valence-electron chi connectivity index (χ2n) is 6.13. The standard InChI is InChI=1S/C16H24N6/c17-14-15(18)20-11-21-16(14,19)9-12-4-3-5-13(8-12)10-22-6-1-2-7-22/h3-5,8,11H,1-2,6-7,9-10,17-19H2,(H,20,21). The molecule has 1 unspecified atom stereocenters. The lowest BCUT2D eigenvalue weighted by atomic mass is 9.95. The third-order valence-electron chi connectivity index (χ3n) is 4.34. The predicted octanol–water partition coefficient (Wildman–Crippen LogP) is 0.198. The summed E-state index contributed by atoms with van der Waals surface area (Å²) in [5, 5.41) is 2.79. The molecule has 6 heteroatoms. The fourth-order valence-electron chi connectivity index (χ4n) is 3.09. The molecule has 3 rings (SSSR count). The molecule has 6 nitrogen and oxygen atoms in total. The number of benzene rings is 1. The molecule has 0 spiro atoms. The number of hydrogen-bond acceptors (Lipinski definition) is 6. The number of aliphatic imine (C=N–C) groups is 1. The molecule has 118 valence electrons. The molecule has 22 heavy (non-hydrogen) atoms. The van der Waals surface area contributed by atoms with Crippen LogP contribution < -0.4 is 22.5 Å². The Hall–Kier alpha value is -2.05. The molecule has 0 aromatic heterocycles. The lowest BCUT2D eigenvalue weighted by molar-refractivity contribution is 0.331. The van der Waals surface area contributed by atoms with Crippen molar-refractivity contribution in [3.8, 4) is 0 Å². The summed E-state index contributed by atoms with van der Waals surface area (Å²) in [5.41, 5.74) is 20.0. The van der Waals surface area contributed by atoms with E-state index < -0.39 is 5.66 Å². The van der Waals surface area contributed by atoms with Crippen molar-refractivity contribution < 1.29 is 0 Å². The van der Waals surface area contributed by atoms with Crippen LogP contribution in [0.15, 0.2) is 40.8 Å². The molecule has 1 aromatic rings. The molecule has 1 atom stereocenters. The third kappa shape index (κ3) is 3.08. The van der Waals surface area contributed by atoms with E-state index in [1.807, 2.05) is 0 Å². The van der Waals surface area contributed by atoms with Crippen molar-refractivity contribution >= 4 is 6.34 Å². The minimum atomic E-state index is -0.971. The van der Waals surface area contributed by atoms with Gasteiger partial charge in [-0.1, -0.05) is 24.3 Å². The average molecular weight is 300 g/mol. The highest BCUT2D eigenvalue weighted by atomic mass is 15.2. The first kappa shape index (κ1) is 14.9. The number of nitrogens with zero attached hydrogens (tertiary/aromatic N) is 2. The summed E-state index contributed by atoms with van der Waals surface area (Å²) in [6.45, 7) is 3.37. The minimum absolute atomic E-state index is 0.380. The van der Waals surface area contributed by atoms with Gasteiger partial charge in [0, 0.05) is 13.0 Å². The molecular weight excluding hydrogens is 276 g/mol. The number of nitrogens with two attached hydrogens (primary N) is 3. The number of likely N-dealkylation sites (tertiary alicyclic amines) is 1. The molecule has 1 aromatic carbocycles. The highest BCUT2D eigenvalue weighted by Crippen LogP contribution is 2.22. The van der Waals surface area contributed by atoms with Crippen molar-refractivity contribution in [1.29, 1.82) is 0 Å². The highest BCUT2D eigenvalue weighted by molar-refractivity contribution is 5.61. The van der Waals surface area contributed by atoms with Crippen LogP contribution in [0.4, 0.5) is 0 Å². The summed E-state index contributed by atoms with van der Waals surface area (Å²) in [6.07, 6.45) is 4.65. The van der Waals surface area contributed by atoms with E-state index >= 15 is 0 Å². The lowest BCUT2D eigenvalue weighted by Gasteiger charge is -2.30. The Morgan fingerprint density at radius 1 is 1.18 bits per heavy atom. The zero-order chi connectivity index (χ0) is 15.6. The fraction of sp³-hybridized carbons (Fsp3) is 0.438. The van der Waals surface area contributed by atoms with Crippen molar-refractivity contribution in [2.24, 2.45) is 22.2 Å². The monoisotopic (exact) mass is 300 g/mol. The molecule has 2 heterocycles. The van der Waals surface area contributed by atoms with Crippen LogP contribution in [0, 0.1) is 0 Å². The van der Waals surface area contributed by atoms with E-state index in [0.717, 1.165) is 12.1 Å². The summed E-state index contributed by atoms with van der Waals surface area (Å²) in [7, 11) is 0. The molecule has 7 N–H and O–H groups in total. The fourth-order valence-corrected chi connectivity index (χ4v) is 3.09. The van der Waals surface area contributed by atoms with E-state index in [1.165, 1.54) is 37.8 Å². The zero-order valence-corrected chi connectivity index (χ0v) is 12.8. The van der Waals surface area contributed by atoms with Gasteiger partial charge in [0.15, 0.2) is 5.66 Å². The molecule has 0 aliphatic carbocycles. The van der Waals surface area contributed by atoms with Gasteiger partial charge in [-0.15, -0.1) is 0 Å². The first-order valence-electron chi connectivity index (χ1n) is 7.72. The van der Waals surface area contributed by atoms with Gasteiger partial charge in [-0.05, 0) is 37.1 Å². The lowest BCUT2D eigenvalue weighted by Crippen LogP contribution is -2.51. The Labute approximate surface area is 131 Å². The first-order valence-corrected chi connectivity index (χ1v) is 7.72. The van der Waals surface area contributed by atoms with Gasteiger partial charge >= 0.3 is 0 Å². The number of rotatable bonds is 4. The number of nitrogens with one attached hydrogen (secondary N) is 1. The van der Waals surface area contributed by atoms with Gasteiger partial charge < -0.3 is 22.5 Å². The summed E-state index contributed by atoms with van der Waals surface area (Å²) in [5.74, 6) is 0.380. The Morgan fingerprint density at radius 3 is 2.68 bits per heavy atom. The molecule has 0 amide bonds. The van der Waals surface area contributed by atoms with Crippen LogP contribution in [-0.4, -0.2) is 30.0 Å². The molecule has 2 aliphatic heterocycles. The van der Waals surface area contributed by atoms with E-state index in [9.17, 15) is 0 Å². The van der Waals surface area contributed by atoms with Crippen LogP contribution >= 0.6 is 0 Å². The van der Waals surface area contributed by atoms with Gasteiger partial charge in [0.2, 0.25) is 0 Å². The van der Waals surface area contributed by atoms with Gasteiger partial charge in [-0.2, -0.15) is 0 Å². The molecule has 2 aliphatic rings. The minimum Gasteiger partial charge on any atom is -0.396 e. The third-order valence-corrected chi connectivity index (χ3v) is 4.34. The SMILES string of the molecule is NC1=C(N)C(N)(Cc2cccc(CN3CCCC3)c2)N=CN1. The van der Waals surface area contributed by atoms with E-state index in [0.29, 0.717) is 17.9 Å². The summed E-state index contributed by atoms with van der Waals surface area (Å²) in [4.78, 5) is 6.77. The van der Waals surface area contributed by atoms with Gasteiger partial charge in [0.05, 0.1) is 12.0 Å². The van der Waals surface area contributed by atoms with Crippen LogP contribution in [0.3, 0.4) is 0 Å². The maximum atomic E-state index is 6.33. The Balaban J connectivity index is 1.75. The maximum absolute atomic E-state index is 6.33. The summed E-state index contributed by atoms with van der Waals surface area (Å²) in [6, 6.07) is 8.47. The van der Waals surface area contributed by atoms with Crippen LogP contribution in [0.1, 0.15) is 24.0 Å². The summed E-state index contributed by atoms with van der Waals surface area (Å²) >= 11 is 0. The van der Waals surface area contributed by atoms with Crippen LogP contribution in [-0.2, 0) is 13.0 Å². The molecule has 0 radical (unpaired) electrons. The molecular formula is C16H24N6. The first-order chi connectivity index (χ1) is 10.6. The molecule has 0 bridgehead atoms. The molecule has 1 fully saturated rings. The highest BCUT2D eigenvalue weighted by Gasteiger charge is 2.31. The molecule has 1 saturated heterocycles. The van der Waals surface area contributed by atoms with Crippen LogP contribution in [0.5, 0.6) is 0 Å². The Bertz CT molecular complexity index is 602. The Morgan fingerprint density at radius 2 is 1.91 bits per heavy atom. The zero-order valence-electron chi connectivity index (χ0n) is 12.8. The maximum Gasteiger partial charge on any atom is 0.157 e. The van der Waals surface area contributed by atoms with Crippen molar-refractivity contribution in [2.45, 2.75) is 31.5 Å². The topological polar surface area (TPSA) is 106 Å². The second kappa shape index (κ2) is 5.98. The van der Waals surface area contributed by atoms with Crippen molar-refractivity contribution in [2.75, 3.05) is 13.1 Å². The summed E-state index contributed by atoms with van der Waals surface area (Å²) < 4.78 is 0.